The number of amides is 2. The van der Waals surface area contributed by atoms with Crippen LogP contribution in [0, 0.1) is 11.2 Å². The summed E-state index contributed by atoms with van der Waals surface area (Å²) in [7, 11) is 0. The quantitative estimate of drug-likeness (QED) is 0.493. The van der Waals surface area contributed by atoms with Crippen LogP contribution in [0.15, 0.2) is 36.5 Å². The molecule has 0 radical (unpaired) electrons. The monoisotopic (exact) mass is 345 g/mol. The zero-order valence-corrected chi connectivity index (χ0v) is 14.0. The topological polar surface area (TPSA) is 113 Å². The molecule has 0 fully saturated rings. The summed E-state index contributed by atoms with van der Waals surface area (Å²) in [6.45, 7) is 3.89. The van der Waals surface area contributed by atoms with Gasteiger partial charge in [-0.05, 0) is 31.5 Å². The zero-order valence-electron chi connectivity index (χ0n) is 14.0. The third kappa shape index (κ3) is 4.90. The average molecular weight is 345 g/mol. The Morgan fingerprint density at radius 1 is 1.40 bits per heavy atom. The van der Waals surface area contributed by atoms with E-state index in [9.17, 15) is 9.18 Å². The molecule has 0 aliphatic rings. The molecule has 2 aromatic rings. The second-order valence-corrected chi connectivity index (χ2v) is 5.29. The van der Waals surface area contributed by atoms with E-state index in [1.54, 1.807) is 26.0 Å². The van der Waals surface area contributed by atoms with Crippen LogP contribution in [0.4, 0.5) is 20.7 Å². The number of nitrogen functional groups attached to an aromatic ring is 1. The van der Waals surface area contributed by atoms with Crippen LogP contribution in [0.5, 0.6) is 0 Å². The van der Waals surface area contributed by atoms with Crippen molar-refractivity contribution < 1.29 is 13.9 Å². The number of urea groups is 1. The lowest BCUT2D eigenvalue weighted by Crippen LogP contribution is -2.31. The Hall–Kier alpha value is -3.16. The molecule has 0 aliphatic heterocycles. The summed E-state index contributed by atoms with van der Waals surface area (Å²) in [5.41, 5.74) is 7.26. The molecule has 0 bridgehead atoms. The van der Waals surface area contributed by atoms with Crippen LogP contribution in [0.3, 0.4) is 0 Å². The van der Waals surface area contributed by atoms with Crippen LogP contribution in [0.2, 0.25) is 0 Å². The third-order valence-electron chi connectivity index (χ3n) is 3.43. The predicted octanol–water partition coefficient (Wildman–Crippen LogP) is 3.05. The molecule has 5 N–H and O–H groups in total. The minimum atomic E-state index is -0.476. The van der Waals surface area contributed by atoms with Crippen molar-refractivity contribution in [3.05, 3.63) is 53.5 Å². The van der Waals surface area contributed by atoms with Crippen molar-refractivity contribution in [1.82, 2.24) is 10.3 Å². The maximum Gasteiger partial charge on any atom is 0.320 e. The van der Waals surface area contributed by atoms with Gasteiger partial charge in [0, 0.05) is 18.0 Å². The number of pyridine rings is 1. The maximum absolute atomic E-state index is 12.9. The zero-order chi connectivity index (χ0) is 18.4. The highest BCUT2D eigenvalue weighted by Gasteiger charge is 2.12. The van der Waals surface area contributed by atoms with Crippen LogP contribution >= 0.6 is 0 Å². The Balaban J connectivity index is 1.99. The number of halogens is 1. The van der Waals surface area contributed by atoms with Gasteiger partial charge < -0.3 is 15.8 Å². The molecule has 0 saturated carbocycles. The van der Waals surface area contributed by atoms with E-state index in [1.807, 2.05) is 0 Å². The van der Waals surface area contributed by atoms with E-state index >= 15 is 0 Å². The van der Waals surface area contributed by atoms with Gasteiger partial charge in [0.15, 0.2) is 0 Å². The fraction of sp³-hybridized carbons (Fsp3) is 0.235. The first-order valence-corrected chi connectivity index (χ1v) is 7.71. The van der Waals surface area contributed by atoms with Crippen molar-refractivity contribution in [2.75, 3.05) is 17.7 Å². The van der Waals surface area contributed by atoms with Gasteiger partial charge in [-0.15, -0.1) is 0 Å². The Morgan fingerprint density at radius 2 is 2.08 bits per heavy atom. The molecule has 0 aliphatic carbocycles. The number of hydrogen-bond donors (Lipinski definition) is 4. The van der Waals surface area contributed by atoms with Crippen molar-refractivity contribution in [2.24, 2.45) is 0 Å². The first-order chi connectivity index (χ1) is 11.9. The van der Waals surface area contributed by atoms with Crippen molar-refractivity contribution in [3.8, 4) is 0 Å². The number of anilines is 2. The second kappa shape index (κ2) is 8.09. The molecular formula is C17H20FN5O2. The molecule has 1 aromatic heterocycles. The van der Waals surface area contributed by atoms with Crippen molar-refractivity contribution >= 4 is 23.4 Å². The number of carbonyl (C=O) groups is 1. The van der Waals surface area contributed by atoms with E-state index in [-0.39, 0.29) is 29.3 Å². The summed E-state index contributed by atoms with van der Waals surface area (Å²) in [6, 6.07) is 6.53. The largest absolute Gasteiger partial charge is 0.478 e. The molecule has 1 unspecified atom stereocenters. The number of carbonyl (C=O) groups excluding carboxylic acids is 1. The Bertz CT molecular complexity index is 764. The lowest BCUT2D eigenvalue weighted by atomic mass is 10.1. The molecule has 1 atom stereocenters. The summed E-state index contributed by atoms with van der Waals surface area (Å²) in [5, 5.41) is 13.0. The van der Waals surface area contributed by atoms with Gasteiger partial charge >= 0.3 is 6.03 Å². The van der Waals surface area contributed by atoms with Gasteiger partial charge in [-0.2, -0.15) is 0 Å². The van der Waals surface area contributed by atoms with Crippen molar-refractivity contribution in [2.45, 2.75) is 19.9 Å². The van der Waals surface area contributed by atoms with Gasteiger partial charge in [-0.1, -0.05) is 12.1 Å². The smallest absolute Gasteiger partial charge is 0.320 e. The first kappa shape index (κ1) is 18.2. The van der Waals surface area contributed by atoms with E-state index in [4.69, 9.17) is 15.9 Å². The molecule has 0 spiro atoms. The molecule has 1 aromatic carbocycles. The van der Waals surface area contributed by atoms with E-state index < -0.39 is 6.03 Å². The number of nitrogens with one attached hydrogen (secondary N) is 3. The number of ether oxygens (including phenoxy) is 1. The first-order valence-electron chi connectivity index (χ1n) is 7.71. The highest BCUT2D eigenvalue weighted by Crippen LogP contribution is 2.17. The minimum Gasteiger partial charge on any atom is -0.478 e. The third-order valence-corrected chi connectivity index (χ3v) is 3.43. The van der Waals surface area contributed by atoms with Gasteiger partial charge in [-0.3, -0.25) is 10.7 Å². The lowest BCUT2D eigenvalue weighted by molar-refractivity contribution is 0.249. The predicted molar refractivity (Wildman–Crippen MR) is 94.1 cm³/mol. The van der Waals surface area contributed by atoms with Crippen LogP contribution in [0.25, 0.3) is 0 Å². The fourth-order valence-corrected chi connectivity index (χ4v) is 2.13. The molecule has 2 amide bonds. The number of rotatable bonds is 5. The lowest BCUT2D eigenvalue weighted by Gasteiger charge is -2.15. The standard InChI is InChI=1S/C17H20FN5O2/c1-3-25-16(20)13-9-21-15(8-14(13)19)23-17(24)22-10(2)11-4-6-12(18)7-5-11/h4-10,20H,3H2,1-2H3,(H4,19,21,22,23,24). The summed E-state index contributed by atoms with van der Waals surface area (Å²) >= 11 is 0. The normalized spacial score (nSPS) is 11.5. The van der Waals surface area contributed by atoms with Gasteiger partial charge in [0.1, 0.15) is 11.6 Å². The number of aromatic nitrogens is 1. The maximum atomic E-state index is 12.9. The van der Waals surface area contributed by atoms with Gasteiger partial charge in [0.2, 0.25) is 5.90 Å². The van der Waals surface area contributed by atoms with E-state index in [0.717, 1.165) is 5.56 Å². The van der Waals surface area contributed by atoms with Crippen LogP contribution < -0.4 is 16.4 Å². The molecule has 0 saturated heterocycles. The number of nitrogens with two attached hydrogens (primary N) is 1. The molecular weight excluding hydrogens is 325 g/mol. The van der Waals surface area contributed by atoms with Crippen molar-refractivity contribution in [1.29, 1.82) is 5.41 Å². The Labute approximate surface area is 144 Å². The minimum absolute atomic E-state index is 0.0755. The number of hydrogen-bond acceptors (Lipinski definition) is 5. The summed E-state index contributed by atoms with van der Waals surface area (Å²) in [5.74, 6) is -0.166. The fourth-order valence-electron chi connectivity index (χ4n) is 2.13. The van der Waals surface area contributed by atoms with Crippen LogP contribution in [-0.4, -0.2) is 23.5 Å². The van der Waals surface area contributed by atoms with Crippen molar-refractivity contribution in [3.63, 3.8) is 0 Å². The van der Waals surface area contributed by atoms with Gasteiger partial charge in [-0.25, -0.2) is 14.2 Å². The van der Waals surface area contributed by atoms with E-state index in [0.29, 0.717) is 12.2 Å². The molecule has 132 valence electrons. The highest BCUT2D eigenvalue weighted by molar-refractivity contribution is 5.97. The molecule has 7 nitrogen and oxygen atoms in total. The summed E-state index contributed by atoms with van der Waals surface area (Å²) < 4.78 is 18.0. The Morgan fingerprint density at radius 3 is 2.68 bits per heavy atom. The van der Waals surface area contributed by atoms with E-state index in [2.05, 4.69) is 15.6 Å². The van der Waals surface area contributed by atoms with Crippen LogP contribution in [0.1, 0.15) is 31.0 Å². The molecule has 1 heterocycles. The number of benzene rings is 1. The van der Waals surface area contributed by atoms with Gasteiger partial charge in [0.05, 0.1) is 18.2 Å². The molecule has 2 rings (SSSR count). The molecule has 25 heavy (non-hydrogen) atoms. The summed E-state index contributed by atoms with van der Waals surface area (Å²) in [6.07, 6.45) is 1.37. The highest BCUT2D eigenvalue weighted by atomic mass is 19.1. The van der Waals surface area contributed by atoms with Gasteiger partial charge in [0.25, 0.3) is 0 Å². The van der Waals surface area contributed by atoms with E-state index in [1.165, 1.54) is 24.4 Å². The number of nitrogens with zero attached hydrogens (tertiary/aromatic N) is 1. The Kier molecular flexibility index (Phi) is 5.89. The molecule has 8 heteroatoms. The second-order valence-electron chi connectivity index (χ2n) is 5.29. The van der Waals surface area contributed by atoms with Crippen LogP contribution in [-0.2, 0) is 4.74 Å². The average Bonchev–Trinajstić information content (AvgIpc) is 2.55. The summed E-state index contributed by atoms with van der Waals surface area (Å²) in [4.78, 5) is 16.1. The SMILES string of the molecule is CCOC(=N)c1cnc(NC(=O)NC(C)c2ccc(F)cc2)cc1N.